The van der Waals surface area contributed by atoms with E-state index in [1.165, 1.54) is 31.4 Å². The van der Waals surface area contributed by atoms with Gasteiger partial charge < -0.3 is 30.9 Å². The Morgan fingerprint density at radius 2 is 1.31 bits per heavy atom. The first-order valence-corrected chi connectivity index (χ1v) is 16.5. The molecule has 4 aromatic carbocycles. The topological polar surface area (TPSA) is 157 Å². The second-order valence-electron chi connectivity index (χ2n) is 11.7. The highest BCUT2D eigenvalue weighted by Crippen LogP contribution is 2.19. The molecule has 0 saturated carbocycles. The zero-order valence-corrected chi connectivity index (χ0v) is 27.7. The van der Waals surface area contributed by atoms with Gasteiger partial charge in [0.1, 0.15) is 17.5 Å². The fourth-order valence-electron chi connectivity index (χ4n) is 5.01. The Kier molecular flexibility index (Phi) is 13.9. The molecular formula is C39H43N3O7. The number of carboxylic acid groups (broad SMARTS) is 1. The predicted molar refractivity (Wildman–Crippen MR) is 188 cm³/mol. The van der Waals surface area contributed by atoms with E-state index in [0.29, 0.717) is 41.5 Å². The highest BCUT2D eigenvalue weighted by Gasteiger charge is 2.21. The summed E-state index contributed by atoms with van der Waals surface area (Å²) in [6.45, 7) is 3.24. The van der Waals surface area contributed by atoms with Crippen molar-refractivity contribution in [2.45, 2.75) is 64.5 Å². The predicted octanol–water partition coefficient (Wildman–Crippen LogP) is 6.32. The van der Waals surface area contributed by atoms with Gasteiger partial charge in [-0.2, -0.15) is 0 Å². The van der Waals surface area contributed by atoms with Gasteiger partial charge in [0.25, 0.3) is 5.91 Å². The zero-order valence-electron chi connectivity index (χ0n) is 27.7. The molecule has 0 aromatic heterocycles. The number of esters is 1. The molecule has 0 aliphatic rings. The molecule has 10 nitrogen and oxygen atoms in total. The third-order valence-corrected chi connectivity index (χ3v) is 7.84. The molecule has 1 unspecified atom stereocenters. The fourth-order valence-corrected chi connectivity index (χ4v) is 5.01. The standard InChI is InChI=1S/C39H43N3O7/c1-2-3-4-5-6-23-48-33-21-15-31(16-22-33)39(47)49-34-19-11-27(12-20-34)24-35(38(45)46)42-37(44)30-13-17-32(18-14-30)41-36(43)25-28-7-9-29(26-40)10-8-28/h7-22,35H,2-6,23-26,40H2,1H3,(H,41,43)(H,42,44)(H,45,46). The van der Waals surface area contributed by atoms with E-state index in [1.54, 1.807) is 60.7 Å². The minimum absolute atomic E-state index is 0.00969. The van der Waals surface area contributed by atoms with Crippen molar-refractivity contribution in [3.05, 3.63) is 125 Å². The number of ether oxygens (including phenoxy) is 2. The molecule has 0 radical (unpaired) electrons. The van der Waals surface area contributed by atoms with E-state index in [0.717, 1.165) is 24.0 Å². The van der Waals surface area contributed by atoms with Crippen LogP contribution >= 0.6 is 0 Å². The summed E-state index contributed by atoms with van der Waals surface area (Å²) in [5.41, 5.74) is 9.18. The summed E-state index contributed by atoms with van der Waals surface area (Å²) in [6, 6.07) is 25.7. The highest BCUT2D eigenvalue weighted by atomic mass is 16.5. The molecule has 0 fully saturated rings. The normalized spacial score (nSPS) is 11.3. The third-order valence-electron chi connectivity index (χ3n) is 7.84. The van der Waals surface area contributed by atoms with E-state index in [4.69, 9.17) is 15.2 Å². The maximum Gasteiger partial charge on any atom is 0.343 e. The number of carbonyl (C=O) groups excluding carboxylic acids is 3. The number of hydrogen-bond donors (Lipinski definition) is 4. The van der Waals surface area contributed by atoms with Crippen LogP contribution in [-0.2, 0) is 29.0 Å². The highest BCUT2D eigenvalue weighted by molar-refractivity contribution is 5.98. The zero-order chi connectivity index (χ0) is 35.0. The van der Waals surface area contributed by atoms with Crippen LogP contribution in [0.4, 0.5) is 5.69 Å². The summed E-state index contributed by atoms with van der Waals surface area (Å²) in [5.74, 6) is -1.52. The molecule has 1 atom stereocenters. The maximum absolute atomic E-state index is 12.9. The maximum atomic E-state index is 12.9. The van der Waals surface area contributed by atoms with E-state index < -0.39 is 23.9 Å². The van der Waals surface area contributed by atoms with E-state index >= 15 is 0 Å². The van der Waals surface area contributed by atoms with Crippen molar-refractivity contribution in [3.8, 4) is 11.5 Å². The molecule has 0 saturated heterocycles. The summed E-state index contributed by atoms with van der Waals surface area (Å²) in [4.78, 5) is 50.0. The third kappa shape index (κ3) is 11.9. The average Bonchev–Trinajstić information content (AvgIpc) is 3.11. The minimum Gasteiger partial charge on any atom is -0.494 e. The molecule has 2 amide bonds. The van der Waals surface area contributed by atoms with Gasteiger partial charge in [-0.3, -0.25) is 9.59 Å². The van der Waals surface area contributed by atoms with Gasteiger partial charge in [-0.05, 0) is 83.8 Å². The molecule has 0 spiro atoms. The van der Waals surface area contributed by atoms with Crippen LogP contribution in [0.3, 0.4) is 0 Å². The second-order valence-corrected chi connectivity index (χ2v) is 11.7. The Labute approximate surface area is 286 Å². The van der Waals surface area contributed by atoms with Crippen LogP contribution in [0.5, 0.6) is 11.5 Å². The number of benzene rings is 4. The van der Waals surface area contributed by atoms with Crippen molar-refractivity contribution >= 4 is 29.4 Å². The number of aliphatic carboxylic acids is 1. The summed E-state index contributed by atoms with van der Waals surface area (Å²) < 4.78 is 11.2. The number of hydrogen-bond acceptors (Lipinski definition) is 7. The summed E-state index contributed by atoms with van der Waals surface area (Å²) in [7, 11) is 0. The molecule has 49 heavy (non-hydrogen) atoms. The number of nitrogens with two attached hydrogens (primary N) is 1. The summed E-state index contributed by atoms with van der Waals surface area (Å²) >= 11 is 0. The Bertz CT molecular complexity index is 1670. The average molecular weight is 666 g/mol. The summed E-state index contributed by atoms with van der Waals surface area (Å²) in [6.07, 6.45) is 5.95. The van der Waals surface area contributed by atoms with Crippen molar-refractivity contribution < 1.29 is 33.8 Å². The first-order chi connectivity index (χ1) is 23.7. The van der Waals surface area contributed by atoms with Crippen LogP contribution in [0.25, 0.3) is 0 Å². The minimum atomic E-state index is -1.21. The van der Waals surface area contributed by atoms with Gasteiger partial charge in [-0.15, -0.1) is 0 Å². The first-order valence-electron chi connectivity index (χ1n) is 16.5. The number of carbonyl (C=O) groups is 4. The van der Waals surface area contributed by atoms with Crippen molar-refractivity contribution in [2.24, 2.45) is 5.73 Å². The van der Waals surface area contributed by atoms with Crippen LogP contribution in [0.2, 0.25) is 0 Å². The van der Waals surface area contributed by atoms with Gasteiger partial charge in [0, 0.05) is 24.2 Å². The SMILES string of the molecule is CCCCCCCOc1ccc(C(=O)Oc2ccc(CC(NC(=O)c3ccc(NC(=O)Cc4ccc(CN)cc4)cc3)C(=O)O)cc2)cc1. The van der Waals surface area contributed by atoms with Gasteiger partial charge in [0.2, 0.25) is 5.91 Å². The quantitative estimate of drug-likeness (QED) is 0.0546. The molecule has 10 heteroatoms. The van der Waals surface area contributed by atoms with Gasteiger partial charge in [-0.1, -0.05) is 69.0 Å². The van der Waals surface area contributed by atoms with E-state index in [2.05, 4.69) is 17.6 Å². The van der Waals surface area contributed by atoms with Crippen molar-refractivity contribution in [3.63, 3.8) is 0 Å². The second kappa shape index (κ2) is 18.8. The molecule has 0 aliphatic heterocycles. The molecule has 4 rings (SSSR count). The van der Waals surface area contributed by atoms with E-state index in [-0.39, 0.29) is 24.3 Å². The monoisotopic (exact) mass is 665 g/mol. The Balaban J connectivity index is 1.24. The van der Waals surface area contributed by atoms with Gasteiger partial charge in [0.15, 0.2) is 0 Å². The van der Waals surface area contributed by atoms with Crippen molar-refractivity contribution in [2.75, 3.05) is 11.9 Å². The van der Waals surface area contributed by atoms with Crippen LogP contribution in [-0.4, -0.2) is 41.5 Å². The fraction of sp³-hybridized carbons (Fsp3) is 0.282. The molecule has 0 aliphatic carbocycles. The lowest BCUT2D eigenvalue weighted by molar-refractivity contribution is -0.139. The Morgan fingerprint density at radius 1 is 0.714 bits per heavy atom. The van der Waals surface area contributed by atoms with Crippen LogP contribution in [0.15, 0.2) is 97.1 Å². The van der Waals surface area contributed by atoms with E-state index in [9.17, 15) is 24.3 Å². The molecule has 0 heterocycles. The number of carboxylic acids is 1. The van der Waals surface area contributed by atoms with Crippen molar-refractivity contribution in [1.82, 2.24) is 5.32 Å². The van der Waals surface area contributed by atoms with E-state index in [1.807, 2.05) is 24.3 Å². The number of unbranched alkanes of at least 4 members (excludes halogenated alkanes) is 4. The van der Waals surface area contributed by atoms with Gasteiger partial charge >= 0.3 is 11.9 Å². The largest absolute Gasteiger partial charge is 0.494 e. The first kappa shape index (κ1) is 36.4. The lowest BCUT2D eigenvalue weighted by atomic mass is 10.0. The molecule has 256 valence electrons. The van der Waals surface area contributed by atoms with Gasteiger partial charge in [-0.25, -0.2) is 9.59 Å². The Hall–Kier alpha value is -5.48. The summed E-state index contributed by atoms with van der Waals surface area (Å²) in [5, 5.41) is 15.1. The lowest BCUT2D eigenvalue weighted by Gasteiger charge is -2.15. The molecular weight excluding hydrogens is 622 g/mol. The number of anilines is 1. The van der Waals surface area contributed by atoms with Crippen LogP contribution < -0.4 is 25.8 Å². The van der Waals surface area contributed by atoms with Gasteiger partial charge in [0.05, 0.1) is 18.6 Å². The molecule has 0 bridgehead atoms. The smallest absolute Gasteiger partial charge is 0.343 e. The number of amides is 2. The molecule has 5 N–H and O–H groups in total. The lowest BCUT2D eigenvalue weighted by Crippen LogP contribution is -2.42. The molecule has 4 aromatic rings. The number of nitrogens with one attached hydrogen (secondary N) is 2. The Morgan fingerprint density at radius 3 is 1.94 bits per heavy atom. The van der Waals surface area contributed by atoms with Crippen LogP contribution in [0.1, 0.15) is 76.4 Å². The number of rotatable bonds is 18. The van der Waals surface area contributed by atoms with Crippen molar-refractivity contribution in [1.29, 1.82) is 0 Å². The van der Waals surface area contributed by atoms with Crippen LogP contribution in [0, 0.1) is 0 Å².